The topological polar surface area (TPSA) is 61.4 Å². The van der Waals surface area contributed by atoms with Gasteiger partial charge in [0.15, 0.2) is 0 Å². The Hall–Kier alpha value is -0.0400. The maximum Gasteiger partial charge on any atom is 0.0608 e. The van der Waals surface area contributed by atoms with Crippen LogP contribution in [0.2, 0.25) is 0 Å². The van der Waals surface area contributed by atoms with Crippen LogP contribution in [0.3, 0.4) is 0 Å². The first kappa shape index (κ1) is 22.6. The van der Waals surface area contributed by atoms with Gasteiger partial charge in [-0.05, 0) is 75.1 Å². The molecule has 3 rings (SSSR count). The number of alkyl halides is 1. The molecule has 0 bridgehead atoms. The summed E-state index contributed by atoms with van der Waals surface area (Å²) in [7, 11) is 1.79. The zero-order chi connectivity index (χ0) is 19.9. The molecular weight excluding hydrogens is 390 g/mol. The maximum absolute atomic E-state index is 6.76. The molecule has 5 atom stereocenters. The zero-order valence-corrected chi connectivity index (χ0v) is 18.8. The second-order valence-corrected chi connectivity index (χ2v) is 9.78. The van der Waals surface area contributed by atoms with Crippen molar-refractivity contribution in [1.29, 1.82) is 0 Å². The molecule has 0 aromatic heterocycles. The smallest absolute Gasteiger partial charge is 0.0608 e. The highest BCUT2D eigenvalue weighted by Crippen LogP contribution is 2.35. The molecule has 160 valence electrons. The summed E-state index contributed by atoms with van der Waals surface area (Å²) >= 11 is 11.0. The van der Waals surface area contributed by atoms with Crippen LogP contribution in [-0.4, -0.2) is 42.7 Å². The molecule has 0 saturated heterocycles. The van der Waals surface area contributed by atoms with Gasteiger partial charge >= 0.3 is 0 Å². The molecule has 0 aliphatic heterocycles. The summed E-state index contributed by atoms with van der Waals surface area (Å²) in [6, 6.07) is 0.567. The second-order valence-electron chi connectivity index (χ2n) is 8.68. The van der Waals surface area contributed by atoms with E-state index in [1.807, 2.05) is 0 Å². The molecule has 0 heterocycles. The third kappa shape index (κ3) is 6.48. The van der Waals surface area contributed by atoms with Crippen molar-refractivity contribution in [2.45, 2.75) is 86.8 Å². The number of nitrogens with one attached hydrogen (secondary N) is 1. The molecular formula is C22H37ClN3OS-. The van der Waals surface area contributed by atoms with Gasteiger partial charge in [0.1, 0.15) is 0 Å². The molecule has 1 fully saturated rings. The second kappa shape index (κ2) is 11.4. The van der Waals surface area contributed by atoms with Crippen molar-refractivity contribution in [2.75, 3.05) is 13.7 Å². The predicted octanol–water partition coefficient (Wildman–Crippen LogP) is 4.75. The van der Waals surface area contributed by atoms with E-state index in [0.29, 0.717) is 29.4 Å². The Bertz CT molecular complexity index is 536. The van der Waals surface area contributed by atoms with Crippen LogP contribution in [-0.2, 0) is 4.74 Å². The fourth-order valence-electron chi connectivity index (χ4n) is 4.94. The number of methoxy groups -OCH3 is 1. The summed E-state index contributed by atoms with van der Waals surface area (Å²) in [5.41, 5.74) is 8.02. The molecule has 5 unspecified atom stereocenters. The van der Waals surface area contributed by atoms with Gasteiger partial charge in [-0.2, -0.15) is 12.6 Å². The van der Waals surface area contributed by atoms with Gasteiger partial charge in [-0.3, -0.25) is 0 Å². The normalized spacial score (nSPS) is 36.0. The van der Waals surface area contributed by atoms with E-state index in [-0.39, 0.29) is 11.5 Å². The fraction of sp³-hybridized carbons (Fsp3) is 0.818. The van der Waals surface area contributed by atoms with Crippen molar-refractivity contribution in [3.05, 3.63) is 29.1 Å². The Labute approximate surface area is 181 Å². The molecule has 0 radical (unpaired) electrons. The molecule has 3 aliphatic rings. The minimum atomic E-state index is -0.147. The van der Waals surface area contributed by atoms with Gasteiger partial charge < -0.3 is 21.1 Å². The summed E-state index contributed by atoms with van der Waals surface area (Å²) in [5.74, 6) is 1.04. The number of hydrogen-bond donors (Lipinski definition) is 3. The molecule has 0 aromatic rings. The average molecular weight is 427 g/mol. The van der Waals surface area contributed by atoms with Crippen LogP contribution in [0, 0.1) is 11.8 Å². The van der Waals surface area contributed by atoms with Crippen LogP contribution >= 0.6 is 24.2 Å². The number of ether oxygens (including phenoxy) is 1. The highest BCUT2D eigenvalue weighted by molar-refractivity contribution is 7.81. The lowest BCUT2D eigenvalue weighted by Gasteiger charge is -2.42. The number of rotatable bonds is 8. The van der Waals surface area contributed by atoms with Crippen LogP contribution in [0.1, 0.15) is 57.8 Å². The maximum atomic E-state index is 6.76. The first-order valence-electron chi connectivity index (χ1n) is 10.9. The van der Waals surface area contributed by atoms with Crippen molar-refractivity contribution >= 4 is 24.2 Å². The van der Waals surface area contributed by atoms with E-state index in [0.717, 1.165) is 64.3 Å². The molecule has 6 heteroatoms. The molecule has 3 aliphatic carbocycles. The molecule has 3 N–H and O–H groups in total. The lowest BCUT2D eigenvalue weighted by molar-refractivity contribution is 0.0940. The van der Waals surface area contributed by atoms with Gasteiger partial charge in [0, 0.05) is 24.6 Å². The number of allylic oxidation sites excluding steroid dienone is 1. The Balaban J connectivity index is 1.47. The summed E-state index contributed by atoms with van der Waals surface area (Å²) < 4.78 is 5.43. The van der Waals surface area contributed by atoms with Crippen molar-refractivity contribution in [2.24, 2.45) is 17.6 Å². The van der Waals surface area contributed by atoms with E-state index in [4.69, 9.17) is 40.0 Å². The van der Waals surface area contributed by atoms with E-state index in [1.165, 1.54) is 5.57 Å². The van der Waals surface area contributed by atoms with E-state index >= 15 is 0 Å². The Kier molecular flexibility index (Phi) is 9.20. The lowest BCUT2D eigenvalue weighted by atomic mass is 9.73. The number of nitrogens with two attached hydrogens (primary N) is 1. The van der Waals surface area contributed by atoms with Crippen molar-refractivity contribution in [1.82, 2.24) is 5.32 Å². The molecule has 1 saturated carbocycles. The standard InChI is InChI=1S/C22H37ClN3OS/c1-27-18-12-6-15(7-13-18)14-25-22(28)26-20-5-3-2-4-19(20)21(24)16-8-10-17(23)11-9-16/h2-3,6,16-22,26,28H,4-5,7-14,24H2,1H3/q-1. The lowest BCUT2D eigenvalue weighted by Crippen LogP contribution is -2.51. The van der Waals surface area contributed by atoms with Crippen LogP contribution < -0.4 is 11.1 Å². The van der Waals surface area contributed by atoms with E-state index < -0.39 is 0 Å². The fourth-order valence-corrected chi connectivity index (χ4v) is 5.46. The molecule has 4 nitrogen and oxygen atoms in total. The van der Waals surface area contributed by atoms with Gasteiger partial charge in [-0.15, -0.1) is 18.1 Å². The van der Waals surface area contributed by atoms with Gasteiger partial charge in [-0.25, -0.2) is 0 Å². The Morgan fingerprint density at radius 2 is 1.96 bits per heavy atom. The molecule has 0 aromatic carbocycles. The molecule has 0 amide bonds. The average Bonchev–Trinajstić information content (AvgIpc) is 2.73. The number of nitrogens with zero attached hydrogens (tertiary/aromatic N) is 1. The Morgan fingerprint density at radius 1 is 1.21 bits per heavy atom. The largest absolute Gasteiger partial charge is 0.635 e. The molecule has 28 heavy (non-hydrogen) atoms. The number of halogens is 1. The summed E-state index contributed by atoms with van der Waals surface area (Å²) in [4.78, 5) is 0. The number of hydrogen-bond acceptors (Lipinski definition) is 4. The number of thiol groups is 1. The zero-order valence-electron chi connectivity index (χ0n) is 17.1. The van der Waals surface area contributed by atoms with E-state index in [1.54, 1.807) is 7.11 Å². The first-order valence-corrected chi connectivity index (χ1v) is 11.9. The minimum absolute atomic E-state index is 0.147. The minimum Gasteiger partial charge on any atom is -0.635 e. The third-order valence-corrected chi connectivity index (χ3v) is 7.59. The van der Waals surface area contributed by atoms with Crippen molar-refractivity contribution in [3.8, 4) is 0 Å². The predicted molar refractivity (Wildman–Crippen MR) is 122 cm³/mol. The van der Waals surface area contributed by atoms with Gasteiger partial charge in [0.2, 0.25) is 0 Å². The quantitative estimate of drug-likeness (QED) is 0.227. The monoisotopic (exact) mass is 426 g/mol. The van der Waals surface area contributed by atoms with Crippen molar-refractivity contribution in [3.63, 3.8) is 0 Å². The van der Waals surface area contributed by atoms with Gasteiger partial charge in [0.05, 0.1) is 6.10 Å². The summed E-state index contributed by atoms with van der Waals surface area (Å²) in [5, 5.41) is 8.76. The van der Waals surface area contributed by atoms with Gasteiger partial charge in [-0.1, -0.05) is 23.8 Å². The van der Waals surface area contributed by atoms with Gasteiger partial charge in [0.25, 0.3) is 0 Å². The summed E-state index contributed by atoms with van der Waals surface area (Å²) in [6.45, 7) is 0.761. The highest BCUT2D eigenvalue weighted by atomic mass is 35.5. The SMILES string of the molecule is COC1CC=C(C[N-]C(S)NC2CC=CCC2C(N)C2CCC(Cl)CC2)CC1. The highest BCUT2D eigenvalue weighted by Gasteiger charge is 2.34. The Morgan fingerprint density at radius 3 is 2.64 bits per heavy atom. The third-order valence-electron chi connectivity index (χ3n) is 6.84. The van der Waals surface area contributed by atoms with Crippen LogP contribution in [0.25, 0.3) is 5.32 Å². The van der Waals surface area contributed by atoms with Crippen molar-refractivity contribution < 1.29 is 4.74 Å². The van der Waals surface area contributed by atoms with Crippen LogP contribution in [0.4, 0.5) is 0 Å². The summed E-state index contributed by atoms with van der Waals surface area (Å²) in [6.07, 6.45) is 17.0. The van der Waals surface area contributed by atoms with Crippen LogP contribution in [0.5, 0.6) is 0 Å². The van der Waals surface area contributed by atoms with E-state index in [9.17, 15) is 0 Å². The van der Waals surface area contributed by atoms with E-state index in [2.05, 4.69) is 23.5 Å². The van der Waals surface area contributed by atoms with Crippen LogP contribution in [0.15, 0.2) is 23.8 Å². The molecule has 0 spiro atoms. The first-order chi connectivity index (χ1) is 13.6.